The molecular formula is C20H18N8O. The molecule has 9 nitrogen and oxygen atoms in total. The third kappa shape index (κ3) is 4.27. The van der Waals surface area contributed by atoms with Gasteiger partial charge in [0.05, 0.1) is 11.6 Å². The highest BCUT2D eigenvalue weighted by Gasteiger charge is 2.24. The molecule has 3 heterocycles. The molecule has 1 aromatic carbocycles. The lowest BCUT2D eigenvalue weighted by atomic mass is 10.2. The summed E-state index contributed by atoms with van der Waals surface area (Å²) >= 11 is 0. The fraction of sp³-hybridized carbons (Fsp3) is 0.200. The van der Waals surface area contributed by atoms with E-state index in [-0.39, 0.29) is 5.91 Å². The molecule has 0 bridgehead atoms. The first-order valence-corrected chi connectivity index (χ1v) is 9.13. The standard InChI is InChI=1S/C20H18N8O/c21-13-15-3-1-4-16(11-15)26-18-12-17(24-14-25-18)19(29)27-7-9-28(10-8-27)20-22-5-2-6-23-20/h1-6,11-12,14H,7-10H2,(H,24,25,26). The zero-order valence-corrected chi connectivity index (χ0v) is 15.6. The van der Waals surface area contributed by atoms with Gasteiger partial charge in [-0.1, -0.05) is 6.07 Å². The van der Waals surface area contributed by atoms with Gasteiger partial charge in [0.15, 0.2) is 0 Å². The van der Waals surface area contributed by atoms with Crippen molar-refractivity contribution in [3.05, 3.63) is 66.4 Å². The van der Waals surface area contributed by atoms with E-state index >= 15 is 0 Å². The number of hydrogen-bond acceptors (Lipinski definition) is 8. The minimum absolute atomic E-state index is 0.144. The average Bonchev–Trinajstić information content (AvgIpc) is 2.79. The number of nitrogens with one attached hydrogen (secondary N) is 1. The van der Waals surface area contributed by atoms with E-state index in [1.807, 2.05) is 6.07 Å². The Balaban J connectivity index is 1.42. The van der Waals surface area contributed by atoms with Crippen molar-refractivity contribution in [1.29, 1.82) is 5.26 Å². The molecule has 3 aromatic rings. The highest BCUT2D eigenvalue weighted by Crippen LogP contribution is 2.17. The van der Waals surface area contributed by atoms with E-state index in [0.717, 1.165) is 5.69 Å². The van der Waals surface area contributed by atoms with Gasteiger partial charge in [-0.25, -0.2) is 19.9 Å². The van der Waals surface area contributed by atoms with Crippen LogP contribution in [0.15, 0.2) is 55.1 Å². The quantitative estimate of drug-likeness (QED) is 0.723. The number of amides is 1. The minimum atomic E-state index is -0.144. The summed E-state index contributed by atoms with van der Waals surface area (Å²) in [6, 6.07) is 12.5. The summed E-state index contributed by atoms with van der Waals surface area (Å²) in [5.41, 5.74) is 1.58. The highest BCUT2D eigenvalue weighted by molar-refractivity contribution is 5.93. The lowest BCUT2D eigenvalue weighted by molar-refractivity contribution is 0.0740. The summed E-state index contributed by atoms with van der Waals surface area (Å²) in [5.74, 6) is 1.03. The van der Waals surface area contributed by atoms with Crippen LogP contribution in [0.25, 0.3) is 0 Å². The lowest BCUT2D eigenvalue weighted by Gasteiger charge is -2.34. The Morgan fingerprint density at radius 1 is 1.00 bits per heavy atom. The average molecular weight is 386 g/mol. The van der Waals surface area contributed by atoms with E-state index in [1.54, 1.807) is 47.6 Å². The lowest BCUT2D eigenvalue weighted by Crippen LogP contribution is -2.49. The molecule has 29 heavy (non-hydrogen) atoms. The number of carbonyl (C=O) groups excluding carboxylic acids is 1. The second kappa shape index (κ2) is 8.31. The van der Waals surface area contributed by atoms with Gasteiger partial charge in [-0.3, -0.25) is 4.79 Å². The second-order valence-corrected chi connectivity index (χ2v) is 6.43. The van der Waals surface area contributed by atoms with Crippen molar-refractivity contribution in [2.75, 3.05) is 36.4 Å². The van der Waals surface area contributed by atoms with Gasteiger partial charge in [0.1, 0.15) is 17.8 Å². The van der Waals surface area contributed by atoms with Gasteiger partial charge in [-0.05, 0) is 24.3 Å². The van der Waals surface area contributed by atoms with Crippen molar-refractivity contribution in [1.82, 2.24) is 24.8 Å². The van der Waals surface area contributed by atoms with Crippen molar-refractivity contribution in [3.8, 4) is 6.07 Å². The molecule has 0 aliphatic carbocycles. The summed E-state index contributed by atoms with van der Waals surface area (Å²) in [5, 5.41) is 12.1. The summed E-state index contributed by atoms with van der Waals surface area (Å²) in [4.78, 5) is 33.5. The van der Waals surface area contributed by atoms with Crippen LogP contribution in [0.3, 0.4) is 0 Å². The number of anilines is 3. The molecule has 0 atom stereocenters. The monoisotopic (exact) mass is 386 g/mol. The van der Waals surface area contributed by atoms with Gasteiger partial charge in [0.2, 0.25) is 5.95 Å². The molecule has 0 unspecified atom stereocenters. The molecule has 144 valence electrons. The topological polar surface area (TPSA) is 111 Å². The van der Waals surface area contributed by atoms with Crippen molar-refractivity contribution in [3.63, 3.8) is 0 Å². The minimum Gasteiger partial charge on any atom is -0.340 e. The maximum Gasteiger partial charge on any atom is 0.272 e. The second-order valence-electron chi connectivity index (χ2n) is 6.43. The molecule has 0 radical (unpaired) electrons. The SMILES string of the molecule is N#Cc1cccc(Nc2cc(C(=O)N3CCN(c4ncccn4)CC3)ncn2)c1. The van der Waals surface area contributed by atoms with Crippen LogP contribution < -0.4 is 10.2 Å². The Hall–Kier alpha value is -4.06. The molecule has 2 aromatic heterocycles. The summed E-state index contributed by atoms with van der Waals surface area (Å²) in [6.07, 6.45) is 4.78. The first kappa shape index (κ1) is 18.3. The maximum atomic E-state index is 12.9. The molecule has 1 N–H and O–H groups in total. The molecule has 1 fully saturated rings. The zero-order valence-electron chi connectivity index (χ0n) is 15.6. The van der Waals surface area contributed by atoms with Gasteiger partial charge in [0.25, 0.3) is 5.91 Å². The molecule has 9 heteroatoms. The Bertz CT molecular complexity index is 1040. The first-order chi connectivity index (χ1) is 14.2. The van der Waals surface area contributed by atoms with E-state index in [1.165, 1.54) is 6.33 Å². The van der Waals surface area contributed by atoms with Crippen molar-refractivity contribution in [2.45, 2.75) is 0 Å². The number of piperazine rings is 1. The van der Waals surface area contributed by atoms with Crippen LogP contribution in [0.4, 0.5) is 17.5 Å². The fourth-order valence-electron chi connectivity index (χ4n) is 3.08. The number of hydrogen-bond donors (Lipinski definition) is 1. The predicted molar refractivity (Wildman–Crippen MR) is 107 cm³/mol. The molecule has 1 aliphatic heterocycles. The molecule has 1 aliphatic rings. The van der Waals surface area contributed by atoms with Crippen molar-refractivity contribution in [2.24, 2.45) is 0 Å². The Kier molecular flexibility index (Phi) is 5.25. The number of nitriles is 1. The van der Waals surface area contributed by atoms with E-state index in [9.17, 15) is 4.79 Å². The summed E-state index contributed by atoms with van der Waals surface area (Å²) in [7, 11) is 0. The first-order valence-electron chi connectivity index (χ1n) is 9.13. The molecule has 1 saturated heterocycles. The molecule has 0 saturated carbocycles. The van der Waals surface area contributed by atoms with Crippen LogP contribution in [0, 0.1) is 11.3 Å². The number of rotatable bonds is 4. The van der Waals surface area contributed by atoms with Crippen LogP contribution >= 0.6 is 0 Å². The molecule has 4 rings (SSSR count). The van der Waals surface area contributed by atoms with Crippen molar-refractivity contribution >= 4 is 23.4 Å². The molecule has 1 amide bonds. The fourth-order valence-corrected chi connectivity index (χ4v) is 3.08. The largest absolute Gasteiger partial charge is 0.340 e. The van der Waals surface area contributed by atoms with Crippen LogP contribution in [0.1, 0.15) is 16.1 Å². The van der Waals surface area contributed by atoms with Crippen LogP contribution in [0.2, 0.25) is 0 Å². The number of aromatic nitrogens is 4. The maximum absolute atomic E-state index is 12.9. The zero-order chi connectivity index (χ0) is 20.1. The number of carbonyl (C=O) groups is 1. The molecule has 0 spiro atoms. The van der Waals surface area contributed by atoms with E-state index < -0.39 is 0 Å². The highest BCUT2D eigenvalue weighted by atomic mass is 16.2. The summed E-state index contributed by atoms with van der Waals surface area (Å²) in [6.45, 7) is 2.45. The van der Waals surface area contributed by atoms with Gasteiger partial charge in [-0.15, -0.1) is 0 Å². The van der Waals surface area contributed by atoms with Gasteiger partial charge >= 0.3 is 0 Å². The van der Waals surface area contributed by atoms with Gasteiger partial charge in [0, 0.05) is 50.3 Å². The van der Waals surface area contributed by atoms with Crippen LogP contribution in [0.5, 0.6) is 0 Å². The van der Waals surface area contributed by atoms with E-state index in [2.05, 4.69) is 36.2 Å². The van der Waals surface area contributed by atoms with Gasteiger partial charge < -0.3 is 15.1 Å². The smallest absolute Gasteiger partial charge is 0.272 e. The van der Waals surface area contributed by atoms with Crippen LogP contribution in [-0.4, -0.2) is 56.9 Å². The Morgan fingerprint density at radius 2 is 1.79 bits per heavy atom. The van der Waals surface area contributed by atoms with E-state index in [0.29, 0.717) is 49.2 Å². The number of nitrogens with zero attached hydrogens (tertiary/aromatic N) is 7. The number of benzene rings is 1. The van der Waals surface area contributed by atoms with Crippen molar-refractivity contribution < 1.29 is 4.79 Å². The third-order valence-corrected chi connectivity index (χ3v) is 4.55. The molecular weight excluding hydrogens is 368 g/mol. The van der Waals surface area contributed by atoms with Gasteiger partial charge in [-0.2, -0.15) is 5.26 Å². The third-order valence-electron chi connectivity index (χ3n) is 4.55. The summed E-state index contributed by atoms with van der Waals surface area (Å²) < 4.78 is 0. The van der Waals surface area contributed by atoms with E-state index in [4.69, 9.17) is 5.26 Å². The van der Waals surface area contributed by atoms with Crippen LogP contribution in [-0.2, 0) is 0 Å². The normalized spacial score (nSPS) is 13.6. The Morgan fingerprint density at radius 3 is 2.55 bits per heavy atom. The predicted octanol–water partition coefficient (Wildman–Crippen LogP) is 1.84. The Labute approximate surface area is 167 Å².